The van der Waals surface area contributed by atoms with Crippen molar-refractivity contribution in [3.63, 3.8) is 0 Å². The second-order valence-corrected chi connectivity index (χ2v) is 8.19. The molecule has 0 fully saturated rings. The van der Waals surface area contributed by atoms with Crippen LogP contribution in [0.25, 0.3) is 11.0 Å². The van der Waals surface area contributed by atoms with E-state index in [-0.39, 0.29) is 5.91 Å². The van der Waals surface area contributed by atoms with Gasteiger partial charge in [0.2, 0.25) is 5.95 Å². The summed E-state index contributed by atoms with van der Waals surface area (Å²) in [6, 6.07) is 8.83. The molecule has 0 radical (unpaired) electrons. The van der Waals surface area contributed by atoms with E-state index in [1.54, 1.807) is 5.38 Å². The molecule has 0 saturated carbocycles. The van der Waals surface area contributed by atoms with Crippen molar-refractivity contribution in [3.8, 4) is 0 Å². The molecule has 1 aromatic carbocycles. The minimum Gasteiger partial charge on any atom is -0.349 e. The van der Waals surface area contributed by atoms with Gasteiger partial charge < -0.3 is 15.2 Å². The third-order valence-corrected chi connectivity index (χ3v) is 5.48. The topological polar surface area (TPSA) is 75.1 Å². The number of fused-ring (bicyclic) bond motifs is 1. The molecule has 3 rings (SSSR count). The SMILES string of the molecule is CC(C)N(CCNC(=O)c1csc(Nc2nc3ccccc3n2C)n1)C(C)C. The number of anilines is 2. The van der Waals surface area contributed by atoms with Crippen LogP contribution in [0.2, 0.25) is 0 Å². The van der Waals surface area contributed by atoms with Crippen molar-refractivity contribution in [2.24, 2.45) is 7.05 Å². The minimum absolute atomic E-state index is 0.151. The summed E-state index contributed by atoms with van der Waals surface area (Å²) in [7, 11) is 1.95. The van der Waals surface area contributed by atoms with Crippen LogP contribution in [0.5, 0.6) is 0 Å². The summed E-state index contributed by atoms with van der Waals surface area (Å²) >= 11 is 1.39. The number of aromatic nitrogens is 3. The molecule has 0 saturated heterocycles. The lowest BCUT2D eigenvalue weighted by atomic mass is 10.2. The predicted molar refractivity (Wildman–Crippen MR) is 115 cm³/mol. The molecule has 2 heterocycles. The molecule has 7 nitrogen and oxygen atoms in total. The van der Waals surface area contributed by atoms with Gasteiger partial charge in [-0.2, -0.15) is 0 Å². The highest BCUT2D eigenvalue weighted by Gasteiger charge is 2.15. The van der Waals surface area contributed by atoms with Crippen LogP contribution in [0.4, 0.5) is 11.1 Å². The number of aryl methyl sites for hydroxylation is 1. The lowest BCUT2D eigenvalue weighted by Gasteiger charge is -2.30. The minimum atomic E-state index is -0.151. The van der Waals surface area contributed by atoms with Crippen LogP contribution < -0.4 is 10.6 Å². The highest BCUT2D eigenvalue weighted by molar-refractivity contribution is 7.14. The fourth-order valence-electron chi connectivity index (χ4n) is 3.29. The number of amides is 1. The summed E-state index contributed by atoms with van der Waals surface area (Å²) in [6.45, 7) is 10.1. The molecule has 0 spiro atoms. The van der Waals surface area contributed by atoms with Gasteiger partial charge in [0.25, 0.3) is 5.91 Å². The van der Waals surface area contributed by atoms with Crippen LogP contribution in [0.3, 0.4) is 0 Å². The van der Waals surface area contributed by atoms with Crippen molar-refractivity contribution in [1.82, 2.24) is 24.8 Å². The predicted octanol–water partition coefficient (Wildman–Crippen LogP) is 3.62. The molecule has 1 amide bonds. The van der Waals surface area contributed by atoms with Crippen molar-refractivity contribution in [2.45, 2.75) is 39.8 Å². The first-order valence-corrected chi connectivity index (χ1v) is 10.4. The van der Waals surface area contributed by atoms with E-state index in [1.165, 1.54) is 11.3 Å². The number of hydrogen-bond donors (Lipinski definition) is 2. The fraction of sp³-hybridized carbons (Fsp3) is 0.450. The largest absolute Gasteiger partial charge is 0.349 e. The van der Waals surface area contributed by atoms with Crippen molar-refractivity contribution < 1.29 is 4.79 Å². The van der Waals surface area contributed by atoms with Gasteiger partial charge in [0.1, 0.15) is 5.69 Å². The Balaban J connectivity index is 1.60. The van der Waals surface area contributed by atoms with Gasteiger partial charge in [0.15, 0.2) is 5.13 Å². The number of nitrogens with one attached hydrogen (secondary N) is 2. The van der Waals surface area contributed by atoms with Crippen molar-refractivity contribution in [3.05, 3.63) is 35.3 Å². The second kappa shape index (κ2) is 8.70. The van der Waals surface area contributed by atoms with Gasteiger partial charge in [-0.15, -0.1) is 11.3 Å². The van der Waals surface area contributed by atoms with E-state index >= 15 is 0 Å². The maximum atomic E-state index is 12.4. The number of nitrogens with zero attached hydrogens (tertiary/aromatic N) is 4. The Morgan fingerprint density at radius 2 is 1.89 bits per heavy atom. The molecule has 28 heavy (non-hydrogen) atoms. The van der Waals surface area contributed by atoms with Crippen LogP contribution in [0.1, 0.15) is 38.2 Å². The molecule has 8 heteroatoms. The third kappa shape index (κ3) is 4.51. The van der Waals surface area contributed by atoms with Gasteiger partial charge in [0.05, 0.1) is 11.0 Å². The molecule has 0 unspecified atom stereocenters. The molecule has 0 aliphatic heterocycles. The Hall–Kier alpha value is -2.45. The Morgan fingerprint density at radius 1 is 1.18 bits per heavy atom. The molecular formula is C20H28N6OS. The Labute approximate surface area is 169 Å². The number of benzene rings is 1. The van der Waals surface area contributed by atoms with Crippen molar-refractivity contribution >= 4 is 39.4 Å². The van der Waals surface area contributed by atoms with E-state index in [4.69, 9.17) is 0 Å². The Morgan fingerprint density at radius 3 is 2.57 bits per heavy atom. The van der Waals surface area contributed by atoms with Crippen LogP contribution >= 0.6 is 11.3 Å². The second-order valence-electron chi connectivity index (χ2n) is 7.33. The standard InChI is InChI=1S/C20H28N6OS/c1-13(2)26(14(3)4)11-10-21-18(27)16-12-28-20(23-16)24-19-22-15-8-6-7-9-17(15)25(19)5/h6-9,12-14H,10-11H2,1-5H3,(H,21,27)(H,22,23,24). The monoisotopic (exact) mass is 400 g/mol. The summed E-state index contributed by atoms with van der Waals surface area (Å²) in [5.74, 6) is 0.550. The zero-order valence-corrected chi connectivity index (χ0v) is 17.9. The average Bonchev–Trinajstić information content (AvgIpc) is 3.24. The number of rotatable bonds is 8. The summed E-state index contributed by atoms with van der Waals surface area (Å²) < 4.78 is 1.98. The first kappa shape index (κ1) is 20.3. The lowest BCUT2D eigenvalue weighted by Crippen LogP contribution is -2.42. The van der Waals surface area contributed by atoms with E-state index in [1.807, 2.05) is 35.9 Å². The summed E-state index contributed by atoms with van der Waals surface area (Å²) in [5.41, 5.74) is 2.38. The van der Waals surface area contributed by atoms with Gasteiger partial charge >= 0.3 is 0 Å². The molecule has 3 aromatic rings. The van der Waals surface area contributed by atoms with Gasteiger partial charge in [-0.3, -0.25) is 9.69 Å². The molecular weight excluding hydrogens is 372 g/mol. The van der Waals surface area contributed by atoms with Gasteiger partial charge in [-0.25, -0.2) is 9.97 Å². The fourth-order valence-corrected chi connectivity index (χ4v) is 3.97. The van der Waals surface area contributed by atoms with E-state index in [0.29, 0.717) is 35.4 Å². The molecule has 0 aliphatic carbocycles. The summed E-state index contributed by atoms with van der Waals surface area (Å²) in [4.78, 5) is 23.7. The number of thiazole rings is 1. The number of carbonyl (C=O) groups excluding carboxylic acids is 1. The van der Waals surface area contributed by atoms with Crippen molar-refractivity contribution in [1.29, 1.82) is 0 Å². The maximum absolute atomic E-state index is 12.4. The quantitative estimate of drug-likeness (QED) is 0.604. The maximum Gasteiger partial charge on any atom is 0.270 e. The molecule has 0 aliphatic rings. The van der Waals surface area contributed by atoms with Crippen LogP contribution in [-0.4, -0.2) is 50.5 Å². The van der Waals surface area contributed by atoms with Crippen LogP contribution in [0.15, 0.2) is 29.6 Å². The number of imidazole rings is 1. The third-order valence-electron chi connectivity index (χ3n) is 4.72. The Bertz CT molecular complexity index is 937. The number of carbonyl (C=O) groups is 1. The molecule has 2 aromatic heterocycles. The zero-order valence-electron chi connectivity index (χ0n) is 17.1. The highest BCUT2D eigenvalue weighted by Crippen LogP contribution is 2.23. The number of hydrogen-bond acceptors (Lipinski definition) is 6. The molecule has 0 atom stereocenters. The van der Waals surface area contributed by atoms with Crippen LogP contribution in [0, 0.1) is 0 Å². The zero-order chi connectivity index (χ0) is 20.3. The highest BCUT2D eigenvalue weighted by atomic mass is 32.1. The summed E-state index contributed by atoms with van der Waals surface area (Å²) in [6.07, 6.45) is 0. The average molecular weight is 401 g/mol. The van der Waals surface area contributed by atoms with E-state index in [0.717, 1.165) is 17.6 Å². The van der Waals surface area contributed by atoms with Gasteiger partial charge in [0, 0.05) is 37.6 Å². The van der Waals surface area contributed by atoms with E-state index in [2.05, 4.69) is 53.2 Å². The van der Waals surface area contributed by atoms with Crippen LogP contribution in [-0.2, 0) is 7.05 Å². The van der Waals surface area contributed by atoms with Gasteiger partial charge in [-0.05, 0) is 39.8 Å². The normalized spacial score (nSPS) is 11.7. The summed E-state index contributed by atoms with van der Waals surface area (Å²) in [5, 5.41) is 8.59. The number of para-hydroxylation sites is 2. The smallest absolute Gasteiger partial charge is 0.270 e. The molecule has 2 N–H and O–H groups in total. The van der Waals surface area contributed by atoms with E-state index in [9.17, 15) is 4.79 Å². The van der Waals surface area contributed by atoms with E-state index < -0.39 is 0 Å². The Kier molecular flexibility index (Phi) is 6.31. The van der Waals surface area contributed by atoms with Gasteiger partial charge in [-0.1, -0.05) is 12.1 Å². The first-order chi connectivity index (χ1) is 13.4. The molecule has 0 bridgehead atoms. The lowest BCUT2D eigenvalue weighted by molar-refractivity contribution is 0.0935. The van der Waals surface area contributed by atoms with Crippen molar-refractivity contribution in [2.75, 3.05) is 18.4 Å². The first-order valence-electron chi connectivity index (χ1n) is 9.54. The molecule has 150 valence electrons.